The van der Waals surface area contributed by atoms with Gasteiger partial charge in [0.05, 0.1) is 0 Å². The Morgan fingerprint density at radius 1 is 1.00 bits per heavy atom. The van der Waals surface area contributed by atoms with Crippen LogP contribution in [-0.4, -0.2) is 13.6 Å². The van der Waals surface area contributed by atoms with Crippen molar-refractivity contribution in [3.8, 4) is 5.75 Å². The van der Waals surface area contributed by atoms with Gasteiger partial charge in [0.2, 0.25) is 0 Å². The molecule has 1 atom stereocenters. The van der Waals surface area contributed by atoms with Crippen LogP contribution >= 0.6 is 0 Å². The van der Waals surface area contributed by atoms with Gasteiger partial charge >= 0.3 is 0 Å². The molecule has 0 heterocycles. The van der Waals surface area contributed by atoms with E-state index >= 15 is 0 Å². The molecule has 0 saturated heterocycles. The summed E-state index contributed by atoms with van der Waals surface area (Å²) >= 11 is 0. The monoisotopic (exact) mass is 255 g/mol. The van der Waals surface area contributed by atoms with Gasteiger partial charge in [0.25, 0.3) is 0 Å². The molecule has 2 rings (SSSR count). The highest BCUT2D eigenvalue weighted by atomic mass is 16.5. The van der Waals surface area contributed by atoms with Gasteiger partial charge in [-0.05, 0) is 49.7 Å². The van der Waals surface area contributed by atoms with Crippen molar-refractivity contribution in [2.45, 2.75) is 20.0 Å². The van der Waals surface area contributed by atoms with Crippen LogP contribution in [0.4, 0.5) is 0 Å². The van der Waals surface area contributed by atoms with Crippen LogP contribution in [0.1, 0.15) is 22.8 Å². The smallest absolute Gasteiger partial charge is 0.136 e. The highest BCUT2D eigenvalue weighted by Gasteiger charge is 2.12. The summed E-state index contributed by atoms with van der Waals surface area (Å²) in [5.41, 5.74) is 3.74. The predicted molar refractivity (Wildman–Crippen MR) is 79.7 cm³/mol. The van der Waals surface area contributed by atoms with E-state index in [0.717, 1.165) is 12.3 Å². The molecule has 0 aliphatic rings. The molecule has 2 nitrogen and oxygen atoms in total. The van der Waals surface area contributed by atoms with Gasteiger partial charge in [-0.1, -0.05) is 36.4 Å². The van der Waals surface area contributed by atoms with Crippen molar-refractivity contribution < 1.29 is 4.74 Å². The molecule has 0 saturated carbocycles. The minimum absolute atomic E-state index is 0.0355. The molecule has 100 valence electrons. The zero-order chi connectivity index (χ0) is 13.7. The lowest BCUT2D eigenvalue weighted by molar-refractivity contribution is 0.205. The average molecular weight is 255 g/mol. The average Bonchev–Trinajstić information content (AvgIpc) is 2.43. The van der Waals surface area contributed by atoms with E-state index < -0.39 is 0 Å². The van der Waals surface area contributed by atoms with Gasteiger partial charge in [-0.3, -0.25) is 0 Å². The van der Waals surface area contributed by atoms with E-state index in [2.05, 4.69) is 43.4 Å². The van der Waals surface area contributed by atoms with Crippen LogP contribution in [0.2, 0.25) is 0 Å². The summed E-state index contributed by atoms with van der Waals surface area (Å²) in [6.07, 6.45) is 0.0355. The third-order valence-electron chi connectivity index (χ3n) is 3.32. The Hall–Kier alpha value is -1.80. The van der Waals surface area contributed by atoms with E-state index in [9.17, 15) is 0 Å². The summed E-state index contributed by atoms with van der Waals surface area (Å²) in [4.78, 5) is 0. The van der Waals surface area contributed by atoms with Gasteiger partial charge in [0.1, 0.15) is 11.9 Å². The molecular weight excluding hydrogens is 234 g/mol. The largest absolute Gasteiger partial charge is 0.484 e. The second-order valence-corrected chi connectivity index (χ2v) is 4.82. The van der Waals surface area contributed by atoms with E-state index in [1.807, 2.05) is 31.3 Å². The summed E-state index contributed by atoms with van der Waals surface area (Å²) in [6.45, 7) is 5.01. The molecule has 0 aliphatic heterocycles. The van der Waals surface area contributed by atoms with Crippen LogP contribution in [0.3, 0.4) is 0 Å². The summed E-state index contributed by atoms with van der Waals surface area (Å²) in [7, 11) is 1.94. The Labute approximate surface area is 115 Å². The van der Waals surface area contributed by atoms with Crippen molar-refractivity contribution in [3.63, 3.8) is 0 Å². The maximum Gasteiger partial charge on any atom is 0.136 e. The molecular formula is C17H21NO. The second kappa shape index (κ2) is 6.39. The summed E-state index contributed by atoms with van der Waals surface area (Å²) in [5.74, 6) is 0.923. The van der Waals surface area contributed by atoms with Crippen molar-refractivity contribution in [2.75, 3.05) is 13.6 Å². The molecule has 1 N–H and O–H groups in total. The van der Waals surface area contributed by atoms with Crippen molar-refractivity contribution in [2.24, 2.45) is 0 Å². The first-order valence-corrected chi connectivity index (χ1v) is 6.64. The third kappa shape index (κ3) is 3.58. The fourth-order valence-corrected chi connectivity index (χ4v) is 2.03. The van der Waals surface area contributed by atoms with Crippen molar-refractivity contribution in [1.82, 2.24) is 5.32 Å². The lowest BCUT2D eigenvalue weighted by Crippen LogP contribution is -2.21. The van der Waals surface area contributed by atoms with Crippen LogP contribution in [0.5, 0.6) is 5.75 Å². The van der Waals surface area contributed by atoms with Gasteiger partial charge in [0.15, 0.2) is 0 Å². The first kappa shape index (κ1) is 13.6. The maximum atomic E-state index is 6.11. The van der Waals surface area contributed by atoms with Crippen LogP contribution in [0.25, 0.3) is 0 Å². The SMILES string of the molecule is CNCC(Oc1ccc(C)c(C)c1)c1ccccc1. The molecule has 0 aliphatic carbocycles. The van der Waals surface area contributed by atoms with Crippen LogP contribution in [-0.2, 0) is 0 Å². The van der Waals surface area contributed by atoms with Crippen molar-refractivity contribution >= 4 is 0 Å². The molecule has 0 bridgehead atoms. The molecule has 19 heavy (non-hydrogen) atoms. The van der Waals surface area contributed by atoms with E-state index in [1.54, 1.807) is 0 Å². The van der Waals surface area contributed by atoms with Gasteiger partial charge in [-0.25, -0.2) is 0 Å². The van der Waals surface area contributed by atoms with Crippen LogP contribution in [0, 0.1) is 13.8 Å². The van der Waals surface area contributed by atoms with Gasteiger partial charge in [-0.15, -0.1) is 0 Å². The predicted octanol–water partition coefficient (Wildman–Crippen LogP) is 3.64. The molecule has 2 aromatic carbocycles. The van der Waals surface area contributed by atoms with Crippen molar-refractivity contribution in [3.05, 3.63) is 65.2 Å². The zero-order valence-corrected chi connectivity index (χ0v) is 11.8. The van der Waals surface area contributed by atoms with Gasteiger partial charge in [0, 0.05) is 6.54 Å². The molecule has 0 amide bonds. The normalized spacial score (nSPS) is 12.2. The standard InChI is InChI=1S/C17H21NO/c1-13-9-10-16(11-14(13)2)19-17(12-18-3)15-7-5-4-6-8-15/h4-11,17-18H,12H2,1-3H3. The maximum absolute atomic E-state index is 6.11. The minimum atomic E-state index is 0.0355. The van der Waals surface area contributed by atoms with Gasteiger partial charge in [-0.2, -0.15) is 0 Å². The molecule has 0 aromatic heterocycles. The molecule has 0 fully saturated rings. The Morgan fingerprint density at radius 2 is 1.74 bits per heavy atom. The second-order valence-electron chi connectivity index (χ2n) is 4.82. The number of hydrogen-bond acceptors (Lipinski definition) is 2. The summed E-state index contributed by atoms with van der Waals surface area (Å²) < 4.78 is 6.11. The topological polar surface area (TPSA) is 21.3 Å². The summed E-state index contributed by atoms with van der Waals surface area (Å²) in [6, 6.07) is 16.5. The fraction of sp³-hybridized carbons (Fsp3) is 0.294. The number of nitrogens with one attached hydrogen (secondary N) is 1. The van der Waals surface area contributed by atoms with Crippen LogP contribution in [0.15, 0.2) is 48.5 Å². The first-order valence-electron chi connectivity index (χ1n) is 6.64. The molecule has 0 spiro atoms. The van der Waals surface area contributed by atoms with Crippen molar-refractivity contribution in [1.29, 1.82) is 0 Å². The Balaban J connectivity index is 2.19. The number of rotatable bonds is 5. The lowest BCUT2D eigenvalue weighted by atomic mass is 10.1. The minimum Gasteiger partial charge on any atom is -0.484 e. The molecule has 2 aromatic rings. The Kier molecular flexibility index (Phi) is 4.58. The highest BCUT2D eigenvalue weighted by Crippen LogP contribution is 2.23. The Morgan fingerprint density at radius 3 is 2.37 bits per heavy atom. The van der Waals surface area contributed by atoms with Gasteiger partial charge < -0.3 is 10.1 Å². The molecule has 0 radical (unpaired) electrons. The van der Waals surface area contributed by atoms with E-state index in [-0.39, 0.29) is 6.10 Å². The third-order valence-corrected chi connectivity index (χ3v) is 3.32. The molecule has 2 heteroatoms. The first-order chi connectivity index (χ1) is 9.20. The number of ether oxygens (including phenoxy) is 1. The van der Waals surface area contributed by atoms with Crippen LogP contribution < -0.4 is 10.1 Å². The zero-order valence-electron chi connectivity index (χ0n) is 11.8. The quantitative estimate of drug-likeness (QED) is 0.880. The summed E-state index contributed by atoms with van der Waals surface area (Å²) in [5, 5.41) is 3.19. The fourth-order valence-electron chi connectivity index (χ4n) is 2.03. The Bertz CT molecular complexity index is 522. The number of likely N-dealkylation sites (N-methyl/N-ethyl adjacent to an activating group) is 1. The molecule has 1 unspecified atom stereocenters. The number of benzene rings is 2. The number of hydrogen-bond donors (Lipinski definition) is 1. The van der Waals surface area contributed by atoms with E-state index in [0.29, 0.717) is 0 Å². The van der Waals surface area contributed by atoms with E-state index in [4.69, 9.17) is 4.74 Å². The highest BCUT2D eigenvalue weighted by molar-refractivity contribution is 5.34. The number of aryl methyl sites for hydroxylation is 2. The lowest BCUT2D eigenvalue weighted by Gasteiger charge is -2.20. The van der Waals surface area contributed by atoms with E-state index in [1.165, 1.54) is 16.7 Å².